The topological polar surface area (TPSA) is 20.2 Å². The standard InChI is InChI=1S/C11H11Br3O/c12-9-5-3-1-2-4(5)8-10(9,15)6(3)7(2)11(8,13)14/h2-9,15H,1H2/t2-,3+,4+,5-,6-,7+,8+,9-,10-/m1/s1. The van der Waals surface area contributed by atoms with Gasteiger partial charge in [0, 0.05) is 10.7 Å². The Balaban J connectivity index is 1.88. The van der Waals surface area contributed by atoms with Crippen LogP contribution in [0.2, 0.25) is 0 Å². The van der Waals surface area contributed by atoms with E-state index in [0.29, 0.717) is 22.6 Å². The molecule has 1 N–H and O–H groups in total. The molecule has 1 nitrogen and oxygen atoms in total. The van der Waals surface area contributed by atoms with Crippen molar-refractivity contribution in [3.8, 4) is 0 Å². The summed E-state index contributed by atoms with van der Waals surface area (Å²) < 4.78 is 0.0424. The molecular formula is C11H11Br3O. The summed E-state index contributed by atoms with van der Waals surface area (Å²) in [6.07, 6.45) is 1.38. The molecule has 15 heavy (non-hydrogen) atoms. The molecule has 0 unspecified atom stereocenters. The van der Waals surface area contributed by atoms with Crippen LogP contribution in [-0.2, 0) is 0 Å². The van der Waals surface area contributed by atoms with Gasteiger partial charge in [-0.2, -0.15) is 0 Å². The van der Waals surface area contributed by atoms with Crippen molar-refractivity contribution in [3.05, 3.63) is 0 Å². The summed E-state index contributed by atoms with van der Waals surface area (Å²) >= 11 is 11.6. The minimum Gasteiger partial charge on any atom is -0.388 e. The lowest BCUT2D eigenvalue weighted by Crippen LogP contribution is -2.46. The maximum Gasteiger partial charge on any atom is 0.0898 e. The fourth-order valence-corrected chi connectivity index (χ4v) is 10.4. The van der Waals surface area contributed by atoms with Crippen LogP contribution < -0.4 is 0 Å². The Morgan fingerprint density at radius 1 is 1.07 bits per heavy atom. The van der Waals surface area contributed by atoms with Gasteiger partial charge in [-0.05, 0) is 41.9 Å². The zero-order valence-electron chi connectivity index (χ0n) is 7.91. The Morgan fingerprint density at radius 2 is 1.73 bits per heavy atom. The van der Waals surface area contributed by atoms with Gasteiger partial charge in [-0.3, -0.25) is 0 Å². The van der Waals surface area contributed by atoms with Crippen molar-refractivity contribution in [2.24, 2.45) is 41.4 Å². The second kappa shape index (κ2) is 2.17. The van der Waals surface area contributed by atoms with E-state index in [1.807, 2.05) is 0 Å². The zero-order valence-corrected chi connectivity index (χ0v) is 12.7. The Hall–Kier alpha value is 1.40. The molecule has 0 aromatic heterocycles. The van der Waals surface area contributed by atoms with Gasteiger partial charge in [-0.15, -0.1) is 0 Å². The molecule has 0 heterocycles. The van der Waals surface area contributed by atoms with E-state index >= 15 is 0 Å². The fraction of sp³-hybridized carbons (Fsp3) is 1.00. The summed E-state index contributed by atoms with van der Waals surface area (Å²) in [6.45, 7) is 0. The first-order valence-corrected chi connectivity index (χ1v) is 8.25. The summed E-state index contributed by atoms with van der Waals surface area (Å²) in [5, 5.41) is 11.0. The second-order valence-corrected chi connectivity index (χ2v) is 10.9. The van der Waals surface area contributed by atoms with E-state index in [9.17, 15) is 5.11 Å². The fourth-order valence-electron chi connectivity index (χ4n) is 6.49. The number of hydrogen-bond donors (Lipinski definition) is 1. The summed E-state index contributed by atoms with van der Waals surface area (Å²) in [7, 11) is 0. The lowest BCUT2D eigenvalue weighted by Gasteiger charge is -2.38. The SMILES string of the molecule is O[C@@]12[C@@H]3[C@H]4C[C@@H]5[C@@H]([C@@H]4[C@H]1Br)[C@@H]2C(Br)(Br)[C@@H]53. The highest BCUT2D eigenvalue weighted by Crippen LogP contribution is 2.89. The maximum atomic E-state index is 11.0. The predicted octanol–water partition coefficient (Wildman–Crippen LogP) is 2.74. The Morgan fingerprint density at radius 3 is 2.40 bits per heavy atom. The van der Waals surface area contributed by atoms with E-state index in [0.717, 1.165) is 23.7 Å². The molecule has 0 aromatic carbocycles. The summed E-state index contributed by atoms with van der Waals surface area (Å²) in [5.74, 6) is 4.93. The predicted molar refractivity (Wildman–Crippen MR) is 67.3 cm³/mol. The third-order valence-electron chi connectivity index (χ3n) is 6.34. The number of aliphatic hydroxyl groups is 1. The minimum atomic E-state index is -0.412. The van der Waals surface area contributed by atoms with Crippen LogP contribution in [0.15, 0.2) is 0 Å². The van der Waals surface area contributed by atoms with Gasteiger partial charge >= 0.3 is 0 Å². The van der Waals surface area contributed by atoms with Gasteiger partial charge < -0.3 is 5.11 Å². The number of alkyl halides is 3. The van der Waals surface area contributed by atoms with Gasteiger partial charge in [0.15, 0.2) is 0 Å². The van der Waals surface area contributed by atoms with E-state index in [1.165, 1.54) is 6.42 Å². The van der Waals surface area contributed by atoms with Crippen LogP contribution in [0.3, 0.4) is 0 Å². The van der Waals surface area contributed by atoms with Crippen molar-refractivity contribution in [3.63, 3.8) is 0 Å². The minimum absolute atomic E-state index is 0.0424. The van der Waals surface area contributed by atoms with Gasteiger partial charge in [-0.1, -0.05) is 47.8 Å². The average Bonchev–Trinajstić information content (AvgIpc) is 2.81. The van der Waals surface area contributed by atoms with Crippen molar-refractivity contribution < 1.29 is 5.11 Å². The van der Waals surface area contributed by atoms with Crippen molar-refractivity contribution in [1.29, 1.82) is 0 Å². The highest BCUT2D eigenvalue weighted by atomic mass is 79.9. The van der Waals surface area contributed by atoms with Gasteiger partial charge in [0.05, 0.1) is 8.83 Å². The molecule has 6 fully saturated rings. The zero-order chi connectivity index (χ0) is 10.3. The van der Waals surface area contributed by atoms with E-state index in [4.69, 9.17) is 0 Å². The van der Waals surface area contributed by atoms with Crippen LogP contribution in [0.5, 0.6) is 0 Å². The van der Waals surface area contributed by atoms with Crippen LogP contribution >= 0.6 is 47.8 Å². The van der Waals surface area contributed by atoms with E-state index in [-0.39, 0.29) is 3.23 Å². The molecule has 6 saturated carbocycles. The van der Waals surface area contributed by atoms with E-state index in [2.05, 4.69) is 47.8 Å². The first-order valence-electron chi connectivity index (χ1n) is 5.75. The van der Waals surface area contributed by atoms with Crippen LogP contribution in [0.25, 0.3) is 0 Å². The number of halogens is 3. The molecule has 82 valence electrons. The monoisotopic (exact) mass is 396 g/mol. The summed E-state index contributed by atoms with van der Waals surface area (Å²) in [5.41, 5.74) is -0.412. The Labute approximate surface area is 114 Å². The molecule has 9 atom stereocenters. The molecule has 6 aliphatic rings. The van der Waals surface area contributed by atoms with Crippen LogP contribution in [0.1, 0.15) is 6.42 Å². The molecule has 6 bridgehead atoms. The highest BCUT2D eigenvalue weighted by molar-refractivity contribution is 9.25. The molecule has 6 aliphatic carbocycles. The number of rotatable bonds is 0. The normalized spacial score (nSPS) is 79.2. The van der Waals surface area contributed by atoms with Crippen LogP contribution in [0.4, 0.5) is 0 Å². The van der Waals surface area contributed by atoms with Gasteiger partial charge in [0.2, 0.25) is 0 Å². The molecule has 0 spiro atoms. The third kappa shape index (κ3) is 0.609. The largest absolute Gasteiger partial charge is 0.388 e. The molecule has 4 heteroatoms. The molecule has 0 aliphatic heterocycles. The van der Waals surface area contributed by atoms with Crippen LogP contribution in [-0.4, -0.2) is 18.8 Å². The highest BCUT2D eigenvalue weighted by Gasteiger charge is 2.91. The first kappa shape index (κ1) is 9.35. The van der Waals surface area contributed by atoms with Crippen molar-refractivity contribution in [1.82, 2.24) is 0 Å². The summed E-state index contributed by atoms with van der Waals surface area (Å²) in [4.78, 5) is 0.363. The van der Waals surface area contributed by atoms with E-state index in [1.54, 1.807) is 0 Å². The Kier molecular flexibility index (Phi) is 1.35. The van der Waals surface area contributed by atoms with Gasteiger partial charge in [0.1, 0.15) is 0 Å². The van der Waals surface area contributed by atoms with Crippen molar-refractivity contribution in [2.75, 3.05) is 0 Å². The molecule has 0 radical (unpaired) electrons. The molecule has 0 saturated heterocycles. The maximum absolute atomic E-state index is 11.0. The lowest BCUT2D eigenvalue weighted by molar-refractivity contribution is -0.0514. The average molecular weight is 399 g/mol. The molecular weight excluding hydrogens is 388 g/mol. The van der Waals surface area contributed by atoms with Gasteiger partial charge in [-0.25, -0.2) is 0 Å². The Bertz CT molecular complexity index is 395. The van der Waals surface area contributed by atoms with Crippen molar-refractivity contribution >= 4 is 47.8 Å². The van der Waals surface area contributed by atoms with Gasteiger partial charge in [0.25, 0.3) is 0 Å². The quantitative estimate of drug-likeness (QED) is 0.622. The lowest BCUT2D eigenvalue weighted by atomic mass is 9.69. The van der Waals surface area contributed by atoms with Crippen LogP contribution in [0, 0.1) is 41.4 Å². The molecule has 0 amide bonds. The first-order chi connectivity index (χ1) is 7.00. The second-order valence-electron chi connectivity index (χ2n) is 6.21. The molecule has 0 aromatic rings. The smallest absolute Gasteiger partial charge is 0.0898 e. The molecule has 6 rings (SSSR count). The summed E-state index contributed by atoms with van der Waals surface area (Å²) in [6, 6.07) is 0. The van der Waals surface area contributed by atoms with E-state index < -0.39 is 5.60 Å². The number of hydrogen-bond acceptors (Lipinski definition) is 1. The third-order valence-corrected chi connectivity index (χ3v) is 9.73. The van der Waals surface area contributed by atoms with Crippen molar-refractivity contribution in [2.45, 2.75) is 20.1 Å².